The summed E-state index contributed by atoms with van der Waals surface area (Å²) in [5, 5.41) is 10.6. The first-order valence-corrected chi connectivity index (χ1v) is 9.65. The van der Waals surface area contributed by atoms with Crippen LogP contribution < -0.4 is 4.74 Å². The molecule has 1 amide bonds. The van der Waals surface area contributed by atoms with Crippen LogP contribution in [0.15, 0.2) is 42.5 Å². The third kappa shape index (κ3) is 5.22. The number of halogens is 2. The number of β-amino-alcohol motifs (C(OH)–C–C–N with tert-alkyl or cyclic N) is 1. The van der Waals surface area contributed by atoms with E-state index in [1.165, 1.54) is 18.2 Å². The molecule has 0 aromatic heterocycles. The highest BCUT2D eigenvalue weighted by Gasteiger charge is 2.25. The van der Waals surface area contributed by atoms with Crippen molar-refractivity contribution >= 4 is 17.5 Å². The van der Waals surface area contributed by atoms with Gasteiger partial charge in [-0.25, -0.2) is 4.39 Å². The summed E-state index contributed by atoms with van der Waals surface area (Å²) in [6.07, 6.45) is -0.632. The maximum Gasteiger partial charge on any atom is 0.256 e. The van der Waals surface area contributed by atoms with Gasteiger partial charge in [-0.15, -0.1) is 0 Å². The Morgan fingerprint density at radius 1 is 1.21 bits per heavy atom. The minimum Gasteiger partial charge on any atom is -0.491 e. The molecule has 1 aliphatic rings. The van der Waals surface area contributed by atoms with Gasteiger partial charge >= 0.3 is 0 Å². The third-order valence-corrected chi connectivity index (χ3v) is 5.05. The summed E-state index contributed by atoms with van der Waals surface area (Å²) in [5.74, 6) is -0.163. The number of aliphatic hydroxyl groups is 1. The Labute approximate surface area is 169 Å². The van der Waals surface area contributed by atoms with Crippen LogP contribution >= 0.6 is 11.6 Å². The number of aliphatic hydroxyl groups excluding tert-OH is 1. The van der Waals surface area contributed by atoms with Crippen LogP contribution in [0, 0.1) is 12.7 Å². The van der Waals surface area contributed by atoms with E-state index in [9.17, 15) is 14.3 Å². The molecule has 2 aromatic carbocycles. The van der Waals surface area contributed by atoms with Crippen LogP contribution in [0.25, 0.3) is 0 Å². The lowest BCUT2D eigenvalue weighted by molar-refractivity contribution is 0.0401. The number of benzene rings is 2. The number of ether oxygens (including phenoxy) is 1. The molecule has 1 fully saturated rings. The van der Waals surface area contributed by atoms with E-state index in [1.807, 2.05) is 31.2 Å². The molecule has 0 bridgehead atoms. The van der Waals surface area contributed by atoms with Crippen LogP contribution in [0.3, 0.4) is 0 Å². The number of carbonyl (C=O) groups excluding carboxylic acids is 1. The summed E-state index contributed by atoms with van der Waals surface area (Å²) in [6.45, 7) is 4.77. The van der Waals surface area contributed by atoms with Gasteiger partial charge in [0, 0.05) is 37.7 Å². The van der Waals surface area contributed by atoms with Crippen molar-refractivity contribution in [3.8, 4) is 5.75 Å². The lowest BCUT2D eigenvalue weighted by atomic mass is 10.1. The summed E-state index contributed by atoms with van der Waals surface area (Å²) in [5.41, 5.74) is 1.02. The second-order valence-electron chi connectivity index (χ2n) is 6.95. The molecule has 2 aromatic rings. The first-order valence-electron chi connectivity index (χ1n) is 9.27. The van der Waals surface area contributed by atoms with Crippen molar-refractivity contribution in [3.05, 3.63) is 64.4 Å². The molecule has 3 rings (SSSR count). The molecule has 1 N–H and O–H groups in total. The smallest absolute Gasteiger partial charge is 0.256 e. The van der Waals surface area contributed by atoms with Crippen molar-refractivity contribution in [3.63, 3.8) is 0 Å². The number of amides is 1. The molecule has 0 spiro atoms. The predicted octanol–water partition coefficient (Wildman–Crippen LogP) is 2.99. The van der Waals surface area contributed by atoms with Crippen LogP contribution in [0.5, 0.6) is 5.75 Å². The standard InChI is InChI=1S/C21H24ClFN2O3/c1-15-4-2-3-5-20(15)28-14-17(26)13-24-8-10-25(11-9-24)21(27)18-12-16(22)6-7-19(18)23/h2-7,12,17,26H,8-11,13-14H2,1H3. The van der Waals surface area contributed by atoms with E-state index in [4.69, 9.17) is 16.3 Å². The Morgan fingerprint density at radius 3 is 2.64 bits per heavy atom. The van der Waals surface area contributed by atoms with Crippen molar-refractivity contribution in [2.45, 2.75) is 13.0 Å². The number of hydrogen-bond acceptors (Lipinski definition) is 4. The molecular formula is C21H24ClFN2O3. The van der Waals surface area contributed by atoms with Gasteiger partial charge in [0.15, 0.2) is 0 Å². The molecular weight excluding hydrogens is 383 g/mol. The third-order valence-electron chi connectivity index (χ3n) is 4.81. The maximum atomic E-state index is 13.9. The van der Waals surface area contributed by atoms with Crippen molar-refractivity contribution in [1.82, 2.24) is 9.80 Å². The molecule has 0 saturated carbocycles. The van der Waals surface area contributed by atoms with Gasteiger partial charge in [0.2, 0.25) is 0 Å². The van der Waals surface area contributed by atoms with Crippen LogP contribution in [0.4, 0.5) is 4.39 Å². The zero-order valence-corrected chi connectivity index (χ0v) is 16.5. The van der Waals surface area contributed by atoms with Gasteiger partial charge in [-0.3, -0.25) is 9.69 Å². The Hall–Kier alpha value is -2.15. The summed E-state index contributed by atoms with van der Waals surface area (Å²) >= 11 is 5.88. The molecule has 1 unspecified atom stereocenters. The molecule has 0 aliphatic carbocycles. The molecule has 7 heteroatoms. The zero-order chi connectivity index (χ0) is 20.1. The number of rotatable bonds is 6. The second kappa shape index (κ2) is 9.37. The van der Waals surface area contributed by atoms with Crippen molar-refractivity contribution in [1.29, 1.82) is 0 Å². The minimum atomic E-state index is -0.632. The summed E-state index contributed by atoms with van der Waals surface area (Å²) < 4.78 is 19.6. The van der Waals surface area contributed by atoms with Crippen LogP contribution in [0.1, 0.15) is 15.9 Å². The van der Waals surface area contributed by atoms with Gasteiger partial charge in [0.25, 0.3) is 5.91 Å². The normalized spacial score (nSPS) is 16.1. The van der Waals surface area contributed by atoms with Crippen LogP contribution in [0.2, 0.25) is 5.02 Å². The Kier molecular flexibility index (Phi) is 6.88. The van der Waals surface area contributed by atoms with Gasteiger partial charge in [-0.2, -0.15) is 0 Å². The lowest BCUT2D eigenvalue weighted by Crippen LogP contribution is -2.51. The van der Waals surface area contributed by atoms with Crippen molar-refractivity contribution in [2.75, 3.05) is 39.3 Å². The second-order valence-corrected chi connectivity index (χ2v) is 7.38. The molecule has 5 nitrogen and oxygen atoms in total. The van der Waals surface area contributed by atoms with Gasteiger partial charge in [-0.1, -0.05) is 29.8 Å². The van der Waals surface area contributed by atoms with Gasteiger partial charge in [0.1, 0.15) is 24.3 Å². The quantitative estimate of drug-likeness (QED) is 0.801. The molecule has 1 saturated heterocycles. The minimum absolute atomic E-state index is 0.00684. The van der Waals surface area contributed by atoms with Crippen LogP contribution in [-0.4, -0.2) is 66.2 Å². The first kappa shape index (κ1) is 20.6. The van der Waals surface area contributed by atoms with Crippen molar-refractivity contribution in [2.24, 2.45) is 0 Å². The highest BCUT2D eigenvalue weighted by Crippen LogP contribution is 2.18. The maximum absolute atomic E-state index is 13.9. The number of nitrogens with zero attached hydrogens (tertiary/aromatic N) is 2. The Bertz CT molecular complexity index is 825. The lowest BCUT2D eigenvalue weighted by Gasteiger charge is -2.35. The monoisotopic (exact) mass is 406 g/mol. The van der Waals surface area contributed by atoms with E-state index in [0.717, 1.165) is 11.3 Å². The van der Waals surface area contributed by atoms with Gasteiger partial charge in [0.05, 0.1) is 5.56 Å². The number of aryl methyl sites for hydroxylation is 1. The topological polar surface area (TPSA) is 53.0 Å². The highest BCUT2D eigenvalue weighted by molar-refractivity contribution is 6.31. The molecule has 150 valence electrons. The molecule has 1 heterocycles. The largest absolute Gasteiger partial charge is 0.491 e. The SMILES string of the molecule is Cc1ccccc1OCC(O)CN1CCN(C(=O)c2cc(Cl)ccc2F)CC1. The summed E-state index contributed by atoms with van der Waals surface area (Å²) in [6, 6.07) is 11.7. The highest BCUT2D eigenvalue weighted by atomic mass is 35.5. The molecule has 1 aliphatic heterocycles. The number of piperazine rings is 1. The molecule has 0 radical (unpaired) electrons. The fourth-order valence-corrected chi connectivity index (χ4v) is 3.39. The average molecular weight is 407 g/mol. The van der Waals surface area contributed by atoms with E-state index >= 15 is 0 Å². The molecule has 28 heavy (non-hydrogen) atoms. The number of carbonyl (C=O) groups is 1. The van der Waals surface area contributed by atoms with E-state index in [1.54, 1.807) is 4.90 Å². The van der Waals surface area contributed by atoms with Crippen LogP contribution in [-0.2, 0) is 0 Å². The van der Waals surface area contributed by atoms with E-state index in [2.05, 4.69) is 4.90 Å². The van der Waals surface area contributed by atoms with Crippen molar-refractivity contribution < 1.29 is 19.0 Å². The molecule has 1 atom stereocenters. The zero-order valence-electron chi connectivity index (χ0n) is 15.8. The average Bonchev–Trinajstić information content (AvgIpc) is 2.69. The Morgan fingerprint density at radius 2 is 1.93 bits per heavy atom. The fourth-order valence-electron chi connectivity index (χ4n) is 3.22. The van der Waals surface area contributed by atoms with E-state index < -0.39 is 11.9 Å². The predicted molar refractivity (Wildman–Crippen MR) is 106 cm³/mol. The first-order chi connectivity index (χ1) is 13.4. The number of hydrogen-bond donors (Lipinski definition) is 1. The van der Waals surface area contributed by atoms with E-state index in [0.29, 0.717) is 37.7 Å². The summed E-state index contributed by atoms with van der Waals surface area (Å²) in [4.78, 5) is 16.2. The Balaban J connectivity index is 1.46. The number of para-hydroxylation sites is 1. The fraction of sp³-hybridized carbons (Fsp3) is 0.381. The summed E-state index contributed by atoms with van der Waals surface area (Å²) in [7, 11) is 0. The van der Waals surface area contributed by atoms with Gasteiger partial charge < -0.3 is 14.7 Å². The van der Waals surface area contributed by atoms with Gasteiger partial charge in [-0.05, 0) is 36.8 Å². The van der Waals surface area contributed by atoms with E-state index in [-0.39, 0.29) is 18.1 Å².